The molecule has 0 saturated carbocycles. The average Bonchev–Trinajstić information content (AvgIpc) is 3.11. The number of rotatable bonds is 4. The Kier molecular flexibility index (Phi) is 3.98. The van der Waals surface area contributed by atoms with Crippen molar-refractivity contribution in [3.05, 3.63) is 40.9 Å². The molecule has 2 aromatic rings. The van der Waals surface area contributed by atoms with Crippen LogP contribution in [0.25, 0.3) is 0 Å². The zero-order chi connectivity index (χ0) is 14.8. The Labute approximate surface area is 128 Å². The second-order valence-electron chi connectivity index (χ2n) is 4.66. The zero-order valence-corrected chi connectivity index (χ0v) is 12.5. The second-order valence-corrected chi connectivity index (χ2v) is 5.51. The number of aromatic nitrogens is 3. The van der Waals surface area contributed by atoms with Gasteiger partial charge < -0.3 is 9.64 Å². The smallest absolute Gasteiger partial charge is 0.187 e. The first kappa shape index (κ1) is 14.2. The number of anilines is 1. The van der Waals surface area contributed by atoms with Crippen molar-refractivity contribution in [1.29, 1.82) is 0 Å². The van der Waals surface area contributed by atoms with E-state index in [9.17, 15) is 9.18 Å². The molecule has 6 nitrogen and oxygen atoms in total. The maximum atomic E-state index is 13.6. The number of aldehydes is 1. The van der Waals surface area contributed by atoms with Gasteiger partial charge in [0, 0.05) is 18.4 Å². The van der Waals surface area contributed by atoms with Crippen LogP contribution in [0.2, 0.25) is 0 Å². The third-order valence-corrected chi connectivity index (χ3v) is 3.90. The Morgan fingerprint density at radius 1 is 1.52 bits per heavy atom. The van der Waals surface area contributed by atoms with Crippen LogP contribution in [0.15, 0.2) is 35.1 Å². The second kappa shape index (κ2) is 5.90. The summed E-state index contributed by atoms with van der Waals surface area (Å²) in [7, 11) is 0. The highest BCUT2D eigenvalue weighted by molar-refractivity contribution is 9.10. The first-order valence-corrected chi connectivity index (χ1v) is 7.13. The maximum absolute atomic E-state index is 13.6. The zero-order valence-electron chi connectivity index (χ0n) is 10.9. The molecule has 0 aliphatic carbocycles. The molecule has 1 aliphatic rings. The monoisotopic (exact) mass is 354 g/mol. The highest BCUT2D eigenvalue weighted by Gasteiger charge is 2.33. The summed E-state index contributed by atoms with van der Waals surface area (Å²) in [4.78, 5) is 12.9. The normalized spacial score (nSPS) is 21.7. The molecule has 3 rings (SSSR count). The Hall–Kier alpha value is -1.80. The van der Waals surface area contributed by atoms with Crippen LogP contribution in [0.3, 0.4) is 0 Å². The summed E-state index contributed by atoms with van der Waals surface area (Å²) in [6.07, 6.45) is 3.07. The lowest BCUT2D eigenvalue weighted by Crippen LogP contribution is -2.31. The molecule has 2 atom stereocenters. The van der Waals surface area contributed by atoms with Crippen LogP contribution in [0.5, 0.6) is 0 Å². The Balaban J connectivity index is 1.78. The topological polar surface area (TPSA) is 60.3 Å². The van der Waals surface area contributed by atoms with E-state index in [2.05, 4.69) is 26.2 Å². The van der Waals surface area contributed by atoms with Gasteiger partial charge in [0.2, 0.25) is 0 Å². The summed E-state index contributed by atoms with van der Waals surface area (Å²) < 4.78 is 21.3. The molecule has 2 heterocycles. The lowest BCUT2D eigenvalue weighted by atomic mass is 10.2. The van der Waals surface area contributed by atoms with E-state index in [1.165, 1.54) is 6.07 Å². The van der Waals surface area contributed by atoms with Gasteiger partial charge in [-0.15, -0.1) is 5.10 Å². The van der Waals surface area contributed by atoms with Crippen molar-refractivity contribution in [2.24, 2.45) is 0 Å². The largest absolute Gasteiger partial charge is 0.344 e. The summed E-state index contributed by atoms with van der Waals surface area (Å²) in [6, 6.07) is 4.73. The summed E-state index contributed by atoms with van der Waals surface area (Å²) in [5.41, 5.74) is 0.605. The van der Waals surface area contributed by atoms with Gasteiger partial charge in [0.1, 0.15) is 5.82 Å². The quantitative estimate of drug-likeness (QED) is 0.780. The first-order chi connectivity index (χ1) is 10.2. The SMILES string of the molecule is O=CC1OC(Cn2ccnn2)CN1c1ccc(Br)c(F)c1. The lowest BCUT2D eigenvalue weighted by molar-refractivity contribution is -0.117. The van der Waals surface area contributed by atoms with Crippen LogP contribution in [-0.2, 0) is 16.1 Å². The molecule has 8 heteroatoms. The van der Waals surface area contributed by atoms with Crippen molar-refractivity contribution in [2.75, 3.05) is 11.4 Å². The van der Waals surface area contributed by atoms with Gasteiger partial charge in [0.25, 0.3) is 0 Å². The molecule has 0 spiro atoms. The fourth-order valence-corrected chi connectivity index (χ4v) is 2.54. The maximum Gasteiger partial charge on any atom is 0.187 e. The molecule has 0 bridgehead atoms. The van der Waals surface area contributed by atoms with E-state index < -0.39 is 6.23 Å². The van der Waals surface area contributed by atoms with E-state index in [1.54, 1.807) is 34.1 Å². The lowest BCUT2D eigenvalue weighted by Gasteiger charge is -2.20. The number of halogens is 2. The van der Waals surface area contributed by atoms with Crippen molar-refractivity contribution < 1.29 is 13.9 Å². The number of nitrogens with zero attached hydrogens (tertiary/aromatic N) is 4. The number of carbonyl (C=O) groups excluding carboxylic acids is 1. The Bertz CT molecular complexity index is 637. The molecule has 1 aromatic heterocycles. The van der Waals surface area contributed by atoms with Gasteiger partial charge in [0.05, 0.1) is 23.3 Å². The highest BCUT2D eigenvalue weighted by Crippen LogP contribution is 2.27. The molecule has 0 N–H and O–H groups in total. The summed E-state index contributed by atoms with van der Waals surface area (Å²) in [5.74, 6) is -0.378. The molecule has 0 radical (unpaired) electrons. The first-order valence-electron chi connectivity index (χ1n) is 6.34. The fourth-order valence-electron chi connectivity index (χ4n) is 2.30. The fraction of sp³-hybridized carbons (Fsp3) is 0.308. The van der Waals surface area contributed by atoms with Crippen LogP contribution >= 0.6 is 15.9 Å². The van der Waals surface area contributed by atoms with Gasteiger partial charge in [-0.1, -0.05) is 5.21 Å². The number of carbonyl (C=O) groups is 1. The number of ether oxygens (including phenoxy) is 1. The number of hydrogen-bond donors (Lipinski definition) is 0. The van der Waals surface area contributed by atoms with E-state index in [0.29, 0.717) is 29.5 Å². The summed E-state index contributed by atoms with van der Waals surface area (Å²) in [6.45, 7) is 0.962. The van der Waals surface area contributed by atoms with E-state index in [0.717, 1.165) is 0 Å². The molecular formula is C13H12BrFN4O2. The van der Waals surface area contributed by atoms with Crippen LogP contribution in [0.1, 0.15) is 0 Å². The third kappa shape index (κ3) is 2.96. The molecule has 21 heavy (non-hydrogen) atoms. The van der Waals surface area contributed by atoms with Gasteiger partial charge in [-0.05, 0) is 34.1 Å². The minimum Gasteiger partial charge on any atom is -0.344 e. The number of hydrogen-bond acceptors (Lipinski definition) is 5. The molecule has 1 fully saturated rings. The van der Waals surface area contributed by atoms with Crippen molar-refractivity contribution in [3.63, 3.8) is 0 Å². The molecule has 1 aromatic carbocycles. The predicted molar refractivity (Wildman–Crippen MR) is 76.2 cm³/mol. The summed E-state index contributed by atoms with van der Waals surface area (Å²) >= 11 is 3.11. The molecule has 1 saturated heterocycles. The average molecular weight is 355 g/mol. The van der Waals surface area contributed by atoms with Gasteiger partial charge in [-0.25, -0.2) is 9.07 Å². The van der Waals surface area contributed by atoms with Crippen LogP contribution in [-0.4, -0.2) is 40.2 Å². The van der Waals surface area contributed by atoms with Crippen molar-refractivity contribution in [2.45, 2.75) is 18.9 Å². The predicted octanol–water partition coefficient (Wildman–Crippen LogP) is 1.61. The third-order valence-electron chi connectivity index (χ3n) is 3.25. The van der Waals surface area contributed by atoms with Crippen LogP contribution < -0.4 is 4.90 Å². The van der Waals surface area contributed by atoms with E-state index >= 15 is 0 Å². The van der Waals surface area contributed by atoms with Crippen molar-refractivity contribution in [3.8, 4) is 0 Å². The molecule has 110 valence electrons. The van der Waals surface area contributed by atoms with E-state index in [-0.39, 0.29) is 11.9 Å². The molecule has 2 unspecified atom stereocenters. The minimum atomic E-state index is -0.723. The number of benzene rings is 1. The minimum absolute atomic E-state index is 0.214. The Morgan fingerprint density at radius 2 is 2.38 bits per heavy atom. The Morgan fingerprint density at radius 3 is 3.05 bits per heavy atom. The molecule has 0 amide bonds. The standard InChI is InChI=1S/C13H12BrFN4O2/c14-11-2-1-9(5-12(11)15)19-7-10(21-13(19)8-20)6-18-4-3-16-17-18/h1-5,8,10,13H,6-7H2. The summed E-state index contributed by atoms with van der Waals surface area (Å²) in [5, 5.41) is 7.59. The van der Waals surface area contributed by atoms with Crippen LogP contribution in [0, 0.1) is 5.82 Å². The van der Waals surface area contributed by atoms with E-state index in [4.69, 9.17) is 4.74 Å². The van der Waals surface area contributed by atoms with Gasteiger partial charge in [-0.2, -0.15) is 0 Å². The van der Waals surface area contributed by atoms with Gasteiger partial charge >= 0.3 is 0 Å². The van der Waals surface area contributed by atoms with Crippen molar-refractivity contribution in [1.82, 2.24) is 15.0 Å². The highest BCUT2D eigenvalue weighted by atomic mass is 79.9. The van der Waals surface area contributed by atoms with E-state index in [1.807, 2.05) is 0 Å². The van der Waals surface area contributed by atoms with Gasteiger partial charge in [-0.3, -0.25) is 4.79 Å². The van der Waals surface area contributed by atoms with Crippen LogP contribution in [0.4, 0.5) is 10.1 Å². The van der Waals surface area contributed by atoms with Crippen molar-refractivity contribution >= 4 is 27.9 Å². The molecule has 1 aliphatic heterocycles. The van der Waals surface area contributed by atoms with Gasteiger partial charge in [0.15, 0.2) is 12.5 Å². The molecular weight excluding hydrogens is 343 g/mol.